The molecule has 0 heteroatoms. The molecule has 0 aromatic heterocycles. The van der Waals surface area contributed by atoms with Crippen molar-refractivity contribution >= 4 is 0 Å². The summed E-state index contributed by atoms with van der Waals surface area (Å²) in [7, 11) is 0. The van der Waals surface area contributed by atoms with Crippen LogP contribution in [0, 0.1) is 41.4 Å². The molecule has 0 saturated heterocycles. The smallest absolute Gasteiger partial charge is 0.0321 e. The third-order valence-electron chi connectivity index (χ3n) is 6.80. The minimum absolute atomic E-state index is 1.16. The van der Waals surface area contributed by atoms with Crippen molar-refractivity contribution in [1.82, 2.24) is 0 Å². The summed E-state index contributed by atoms with van der Waals surface area (Å²) in [5.41, 5.74) is 0. The molecule has 4 rings (SSSR count). The maximum Gasteiger partial charge on any atom is -0.0321 e. The van der Waals surface area contributed by atoms with Crippen LogP contribution >= 0.6 is 0 Å². The summed E-state index contributed by atoms with van der Waals surface area (Å²) in [6.45, 7) is 2.35. The van der Waals surface area contributed by atoms with Crippen molar-refractivity contribution in [2.45, 2.75) is 58.3 Å². The highest BCUT2D eigenvalue weighted by molar-refractivity contribution is 5.10. The van der Waals surface area contributed by atoms with E-state index < -0.39 is 0 Å². The summed E-state index contributed by atoms with van der Waals surface area (Å²) in [6, 6.07) is 0. The summed E-state index contributed by atoms with van der Waals surface area (Å²) in [6.07, 6.45) is 12.6. The number of hydrogen-bond donors (Lipinski definition) is 0. The van der Waals surface area contributed by atoms with E-state index >= 15 is 0 Å². The average molecular weight is 218 g/mol. The van der Waals surface area contributed by atoms with Crippen molar-refractivity contribution in [3.63, 3.8) is 0 Å². The van der Waals surface area contributed by atoms with Crippen LogP contribution in [0.2, 0.25) is 0 Å². The standard InChI is InChI=1S/C16H26/c1-2-3-4-10-7-13-9-14(10)16-12-6-5-11(8-12)15(13)16/h10-16H,2-9H2,1H3. The van der Waals surface area contributed by atoms with E-state index in [9.17, 15) is 0 Å². The fourth-order valence-corrected chi connectivity index (χ4v) is 6.50. The third-order valence-corrected chi connectivity index (χ3v) is 6.80. The zero-order chi connectivity index (χ0) is 10.7. The second kappa shape index (κ2) is 3.50. The quantitative estimate of drug-likeness (QED) is 0.612. The number of fused-ring (bicyclic) bond motifs is 9. The molecule has 0 aromatic rings. The summed E-state index contributed by atoms with van der Waals surface area (Å²) < 4.78 is 0. The lowest BCUT2D eigenvalue weighted by atomic mass is 9.66. The Kier molecular flexibility index (Phi) is 2.18. The summed E-state index contributed by atoms with van der Waals surface area (Å²) >= 11 is 0. The van der Waals surface area contributed by atoms with Crippen LogP contribution in [0.15, 0.2) is 0 Å². The number of rotatable bonds is 3. The predicted octanol–water partition coefficient (Wildman–Crippen LogP) is 4.49. The average Bonchev–Trinajstić information content (AvgIpc) is 3.02. The van der Waals surface area contributed by atoms with E-state index in [1.54, 1.807) is 38.5 Å². The van der Waals surface area contributed by atoms with Crippen molar-refractivity contribution in [1.29, 1.82) is 0 Å². The van der Waals surface area contributed by atoms with Gasteiger partial charge in [0.2, 0.25) is 0 Å². The van der Waals surface area contributed by atoms with Crippen LogP contribution in [0.4, 0.5) is 0 Å². The minimum atomic E-state index is 1.16. The summed E-state index contributed by atoms with van der Waals surface area (Å²) in [5, 5.41) is 0. The molecule has 0 amide bonds. The van der Waals surface area contributed by atoms with E-state index in [2.05, 4.69) is 6.92 Å². The van der Waals surface area contributed by atoms with E-state index in [4.69, 9.17) is 0 Å². The Labute approximate surface area is 100 Å². The number of unbranched alkanes of at least 4 members (excludes halogenated alkanes) is 1. The lowest BCUT2D eigenvalue weighted by Gasteiger charge is -2.38. The summed E-state index contributed by atoms with van der Waals surface area (Å²) in [5.74, 6) is 8.36. The summed E-state index contributed by atoms with van der Waals surface area (Å²) in [4.78, 5) is 0. The maximum absolute atomic E-state index is 2.35. The first-order valence-corrected chi connectivity index (χ1v) is 7.88. The maximum atomic E-state index is 2.35. The van der Waals surface area contributed by atoms with Crippen LogP contribution in [-0.2, 0) is 0 Å². The van der Waals surface area contributed by atoms with Gasteiger partial charge in [-0.3, -0.25) is 0 Å². The molecule has 4 fully saturated rings. The lowest BCUT2D eigenvalue weighted by Crippen LogP contribution is -2.32. The molecule has 0 aromatic carbocycles. The molecule has 7 unspecified atom stereocenters. The van der Waals surface area contributed by atoms with Gasteiger partial charge >= 0.3 is 0 Å². The van der Waals surface area contributed by atoms with Crippen LogP contribution in [0.5, 0.6) is 0 Å². The molecule has 0 N–H and O–H groups in total. The molecule has 90 valence electrons. The molecule has 0 spiro atoms. The van der Waals surface area contributed by atoms with Crippen LogP contribution in [0.1, 0.15) is 58.3 Å². The second-order valence-corrected chi connectivity index (χ2v) is 7.29. The minimum Gasteiger partial charge on any atom is -0.0654 e. The van der Waals surface area contributed by atoms with Gasteiger partial charge in [-0.25, -0.2) is 0 Å². The highest BCUT2D eigenvalue weighted by Crippen LogP contribution is 2.69. The Morgan fingerprint density at radius 1 is 0.875 bits per heavy atom. The van der Waals surface area contributed by atoms with Crippen molar-refractivity contribution in [3.05, 3.63) is 0 Å². The molecule has 4 aliphatic carbocycles. The largest absolute Gasteiger partial charge is 0.0654 e. The first kappa shape index (κ1) is 9.97. The topological polar surface area (TPSA) is 0 Å². The molecule has 7 atom stereocenters. The fourth-order valence-electron chi connectivity index (χ4n) is 6.50. The fraction of sp³-hybridized carbons (Fsp3) is 1.00. The van der Waals surface area contributed by atoms with Crippen molar-refractivity contribution in [3.8, 4) is 0 Å². The normalized spacial score (nSPS) is 57.2. The van der Waals surface area contributed by atoms with Gasteiger partial charge in [-0.15, -0.1) is 0 Å². The molecule has 4 aliphatic rings. The second-order valence-electron chi connectivity index (χ2n) is 7.29. The zero-order valence-electron chi connectivity index (χ0n) is 10.7. The van der Waals surface area contributed by atoms with Crippen molar-refractivity contribution in [2.75, 3.05) is 0 Å². The van der Waals surface area contributed by atoms with Gasteiger partial charge in [0.15, 0.2) is 0 Å². The first-order valence-electron chi connectivity index (χ1n) is 7.88. The van der Waals surface area contributed by atoms with Gasteiger partial charge in [-0.05, 0) is 73.5 Å². The molecular formula is C16H26. The number of hydrogen-bond acceptors (Lipinski definition) is 0. The molecule has 4 bridgehead atoms. The van der Waals surface area contributed by atoms with E-state index in [0.717, 1.165) is 5.92 Å². The van der Waals surface area contributed by atoms with Crippen molar-refractivity contribution in [2.24, 2.45) is 41.4 Å². The Bertz CT molecular complexity index is 282. The molecule has 0 aliphatic heterocycles. The van der Waals surface area contributed by atoms with Crippen molar-refractivity contribution < 1.29 is 0 Å². The molecule has 0 heterocycles. The van der Waals surface area contributed by atoms with E-state index in [1.165, 1.54) is 48.3 Å². The van der Waals surface area contributed by atoms with Gasteiger partial charge in [0, 0.05) is 0 Å². The monoisotopic (exact) mass is 218 g/mol. The molecule has 16 heavy (non-hydrogen) atoms. The molecule has 0 radical (unpaired) electrons. The van der Waals surface area contributed by atoms with E-state index in [-0.39, 0.29) is 0 Å². The Hall–Kier alpha value is 0. The van der Waals surface area contributed by atoms with Crippen LogP contribution < -0.4 is 0 Å². The molecule has 0 nitrogen and oxygen atoms in total. The Balaban J connectivity index is 1.52. The molecular weight excluding hydrogens is 192 g/mol. The van der Waals surface area contributed by atoms with E-state index in [0.29, 0.717) is 0 Å². The van der Waals surface area contributed by atoms with Crippen LogP contribution in [-0.4, -0.2) is 0 Å². The van der Waals surface area contributed by atoms with Gasteiger partial charge in [0.25, 0.3) is 0 Å². The van der Waals surface area contributed by atoms with Gasteiger partial charge < -0.3 is 0 Å². The molecule has 4 saturated carbocycles. The Morgan fingerprint density at radius 3 is 2.50 bits per heavy atom. The van der Waals surface area contributed by atoms with Gasteiger partial charge in [0.1, 0.15) is 0 Å². The van der Waals surface area contributed by atoms with Gasteiger partial charge in [-0.1, -0.05) is 26.2 Å². The lowest BCUT2D eigenvalue weighted by molar-refractivity contribution is 0.0999. The zero-order valence-corrected chi connectivity index (χ0v) is 10.7. The van der Waals surface area contributed by atoms with Crippen LogP contribution in [0.3, 0.4) is 0 Å². The van der Waals surface area contributed by atoms with Gasteiger partial charge in [0.05, 0.1) is 0 Å². The SMILES string of the molecule is CCCCC1CC2CC1C1C3CCC(C3)C21. The highest BCUT2D eigenvalue weighted by atomic mass is 14.7. The van der Waals surface area contributed by atoms with E-state index in [1.807, 2.05) is 0 Å². The van der Waals surface area contributed by atoms with Gasteiger partial charge in [-0.2, -0.15) is 0 Å². The first-order chi connectivity index (χ1) is 7.88. The predicted molar refractivity (Wildman–Crippen MR) is 67.0 cm³/mol. The highest BCUT2D eigenvalue weighted by Gasteiger charge is 2.61. The third kappa shape index (κ3) is 1.17. The van der Waals surface area contributed by atoms with Crippen LogP contribution in [0.25, 0.3) is 0 Å². The Morgan fingerprint density at radius 2 is 1.69 bits per heavy atom.